The lowest BCUT2D eigenvalue weighted by Gasteiger charge is -2.21. The van der Waals surface area contributed by atoms with Crippen molar-refractivity contribution >= 4 is 10.0 Å². The van der Waals surface area contributed by atoms with E-state index in [4.69, 9.17) is 0 Å². The normalized spacial score (nSPS) is 18.8. The Morgan fingerprint density at radius 3 is 2.44 bits per heavy atom. The van der Waals surface area contributed by atoms with Gasteiger partial charge < -0.3 is 5.32 Å². The molecule has 0 spiro atoms. The van der Waals surface area contributed by atoms with E-state index in [1.807, 2.05) is 6.92 Å². The maximum atomic E-state index is 11.9. The highest BCUT2D eigenvalue weighted by atomic mass is 32.2. The van der Waals surface area contributed by atoms with Crippen LogP contribution in [0.1, 0.15) is 45.4 Å². The van der Waals surface area contributed by atoms with Crippen molar-refractivity contribution in [2.24, 2.45) is 0 Å². The minimum absolute atomic E-state index is 0.139. The fraction of sp³-hybridized carbons (Fsp3) is 1.00. The zero-order valence-corrected chi connectivity index (χ0v) is 11.0. The van der Waals surface area contributed by atoms with Crippen LogP contribution >= 0.6 is 0 Å². The summed E-state index contributed by atoms with van der Waals surface area (Å²) >= 11 is 0. The van der Waals surface area contributed by atoms with Gasteiger partial charge in [-0.05, 0) is 32.4 Å². The lowest BCUT2D eigenvalue weighted by Crippen LogP contribution is -2.36. The average molecular weight is 248 g/mol. The van der Waals surface area contributed by atoms with Crippen LogP contribution in [0.4, 0.5) is 0 Å². The molecule has 1 aliphatic rings. The molecule has 0 aromatic rings. The Hall–Kier alpha value is -0.130. The summed E-state index contributed by atoms with van der Waals surface area (Å²) in [6.07, 6.45) is 5.84. The van der Waals surface area contributed by atoms with Crippen molar-refractivity contribution in [3.8, 4) is 0 Å². The van der Waals surface area contributed by atoms with E-state index in [0.29, 0.717) is 6.54 Å². The summed E-state index contributed by atoms with van der Waals surface area (Å²) in [5.74, 6) is 0. The minimum atomic E-state index is -3.05. The van der Waals surface area contributed by atoms with Crippen molar-refractivity contribution in [2.45, 2.75) is 50.7 Å². The van der Waals surface area contributed by atoms with Crippen molar-refractivity contribution in [3.63, 3.8) is 0 Å². The fourth-order valence-corrected chi connectivity index (χ4v) is 3.72. The molecule has 4 nitrogen and oxygen atoms in total. The summed E-state index contributed by atoms with van der Waals surface area (Å²) in [7, 11) is -3.05. The van der Waals surface area contributed by atoms with E-state index in [9.17, 15) is 8.42 Å². The molecule has 0 saturated heterocycles. The lowest BCUT2D eigenvalue weighted by atomic mass is 10.0. The molecule has 96 valence electrons. The zero-order chi connectivity index (χ0) is 11.9. The number of hydrogen-bond donors (Lipinski definition) is 2. The van der Waals surface area contributed by atoms with Gasteiger partial charge in [0.1, 0.15) is 0 Å². The van der Waals surface area contributed by atoms with E-state index in [-0.39, 0.29) is 5.25 Å². The molecule has 0 heterocycles. The first-order chi connectivity index (χ1) is 7.67. The van der Waals surface area contributed by atoms with E-state index in [1.54, 1.807) is 0 Å². The first kappa shape index (κ1) is 13.9. The van der Waals surface area contributed by atoms with Crippen LogP contribution in [0.2, 0.25) is 0 Å². The molecule has 0 radical (unpaired) electrons. The van der Waals surface area contributed by atoms with Gasteiger partial charge >= 0.3 is 0 Å². The van der Waals surface area contributed by atoms with Gasteiger partial charge in [0.05, 0.1) is 5.25 Å². The molecule has 0 aromatic heterocycles. The van der Waals surface area contributed by atoms with Gasteiger partial charge in [0.2, 0.25) is 10.0 Å². The van der Waals surface area contributed by atoms with Gasteiger partial charge in [-0.15, -0.1) is 0 Å². The average Bonchev–Trinajstić information content (AvgIpc) is 2.30. The van der Waals surface area contributed by atoms with Gasteiger partial charge in [-0.2, -0.15) is 0 Å². The summed E-state index contributed by atoms with van der Waals surface area (Å²) in [4.78, 5) is 0. The third-order valence-electron chi connectivity index (χ3n) is 3.07. The van der Waals surface area contributed by atoms with Gasteiger partial charge in [0, 0.05) is 6.54 Å². The number of nitrogens with one attached hydrogen (secondary N) is 2. The Bertz CT molecular complexity index is 272. The summed E-state index contributed by atoms with van der Waals surface area (Å²) in [6, 6.07) is 0. The third-order valence-corrected chi connectivity index (χ3v) is 5.03. The predicted octanol–water partition coefficient (Wildman–Crippen LogP) is 1.24. The minimum Gasteiger partial charge on any atom is -0.317 e. The van der Waals surface area contributed by atoms with Crippen LogP contribution in [0.5, 0.6) is 0 Å². The van der Waals surface area contributed by atoms with E-state index >= 15 is 0 Å². The highest BCUT2D eigenvalue weighted by Gasteiger charge is 2.26. The van der Waals surface area contributed by atoms with Crippen LogP contribution in [0.3, 0.4) is 0 Å². The molecule has 1 saturated carbocycles. The largest absolute Gasteiger partial charge is 0.317 e. The van der Waals surface area contributed by atoms with Crippen molar-refractivity contribution in [1.29, 1.82) is 0 Å². The van der Waals surface area contributed by atoms with E-state index < -0.39 is 10.0 Å². The first-order valence-corrected chi connectivity index (χ1v) is 7.90. The highest BCUT2D eigenvalue weighted by Crippen LogP contribution is 2.22. The monoisotopic (exact) mass is 248 g/mol. The van der Waals surface area contributed by atoms with Crippen LogP contribution in [-0.2, 0) is 10.0 Å². The van der Waals surface area contributed by atoms with Crippen LogP contribution in [0.25, 0.3) is 0 Å². The van der Waals surface area contributed by atoms with Crippen molar-refractivity contribution < 1.29 is 8.42 Å². The van der Waals surface area contributed by atoms with Gasteiger partial charge in [0.15, 0.2) is 0 Å². The standard InChI is InChI=1S/C11H24N2O2S/c1-2-12-9-6-10-13-16(14,15)11-7-4-3-5-8-11/h11-13H,2-10H2,1H3. The third kappa shape index (κ3) is 4.80. The van der Waals surface area contributed by atoms with Gasteiger partial charge in [-0.3, -0.25) is 0 Å². The summed E-state index contributed by atoms with van der Waals surface area (Å²) in [5.41, 5.74) is 0. The van der Waals surface area contributed by atoms with Crippen LogP contribution in [0.15, 0.2) is 0 Å². The molecule has 1 fully saturated rings. The van der Waals surface area contributed by atoms with Gasteiger partial charge in [-0.25, -0.2) is 13.1 Å². The van der Waals surface area contributed by atoms with Gasteiger partial charge in [0.25, 0.3) is 0 Å². The fourth-order valence-electron chi connectivity index (χ4n) is 2.10. The molecule has 0 atom stereocenters. The summed E-state index contributed by atoms with van der Waals surface area (Å²) in [6.45, 7) is 4.43. The Morgan fingerprint density at radius 1 is 1.12 bits per heavy atom. The molecule has 0 aromatic carbocycles. The first-order valence-electron chi connectivity index (χ1n) is 6.36. The number of rotatable bonds is 7. The van der Waals surface area contributed by atoms with Crippen LogP contribution in [0, 0.1) is 0 Å². The maximum absolute atomic E-state index is 11.9. The molecule has 0 unspecified atom stereocenters. The molecule has 0 bridgehead atoms. The SMILES string of the molecule is CCNCCCNS(=O)(=O)C1CCCCC1. The quantitative estimate of drug-likeness (QED) is 0.666. The van der Waals surface area contributed by atoms with Crippen molar-refractivity contribution in [1.82, 2.24) is 10.0 Å². The Kier molecular flexibility index (Phi) is 6.31. The number of hydrogen-bond acceptors (Lipinski definition) is 3. The molecule has 1 aliphatic carbocycles. The topological polar surface area (TPSA) is 58.2 Å². The molecular formula is C11H24N2O2S. The molecule has 2 N–H and O–H groups in total. The Labute approximate surface area is 99.2 Å². The van der Waals surface area contributed by atoms with E-state index in [0.717, 1.165) is 45.2 Å². The maximum Gasteiger partial charge on any atom is 0.214 e. The Morgan fingerprint density at radius 2 is 1.81 bits per heavy atom. The molecule has 0 amide bonds. The molecule has 0 aliphatic heterocycles. The van der Waals surface area contributed by atoms with E-state index in [2.05, 4.69) is 10.0 Å². The molecule has 16 heavy (non-hydrogen) atoms. The van der Waals surface area contributed by atoms with Crippen molar-refractivity contribution in [2.75, 3.05) is 19.6 Å². The highest BCUT2D eigenvalue weighted by molar-refractivity contribution is 7.90. The second-order valence-electron chi connectivity index (χ2n) is 4.41. The summed E-state index contributed by atoms with van der Waals surface area (Å²) < 4.78 is 26.5. The lowest BCUT2D eigenvalue weighted by molar-refractivity contribution is 0.476. The van der Waals surface area contributed by atoms with Gasteiger partial charge in [-0.1, -0.05) is 26.2 Å². The second kappa shape index (κ2) is 7.25. The smallest absolute Gasteiger partial charge is 0.214 e. The van der Waals surface area contributed by atoms with Crippen LogP contribution in [-0.4, -0.2) is 33.3 Å². The zero-order valence-electron chi connectivity index (χ0n) is 10.2. The predicted molar refractivity (Wildman–Crippen MR) is 67.0 cm³/mol. The van der Waals surface area contributed by atoms with Crippen LogP contribution < -0.4 is 10.0 Å². The second-order valence-corrected chi connectivity index (χ2v) is 6.45. The molecule has 1 rings (SSSR count). The van der Waals surface area contributed by atoms with Crippen molar-refractivity contribution in [3.05, 3.63) is 0 Å². The molecular weight excluding hydrogens is 224 g/mol. The molecule has 5 heteroatoms. The van der Waals surface area contributed by atoms with E-state index in [1.165, 1.54) is 6.42 Å². The Balaban J connectivity index is 2.22. The number of sulfonamides is 1. The summed E-state index contributed by atoms with van der Waals surface area (Å²) in [5, 5.41) is 3.04.